The van der Waals surface area contributed by atoms with Crippen LogP contribution in [0.2, 0.25) is 0 Å². The Morgan fingerprint density at radius 1 is 1.16 bits per heavy atom. The molecule has 1 aromatic carbocycles. The summed E-state index contributed by atoms with van der Waals surface area (Å²) in [5.74, 6) is -0.0773. The number of hydrogen-bond donors (Lipinski definition) is 2. The first kappa shape index (κ1) is 23.5. The number of aromatic nitrogens is 4. The Balaban J connectivity index is 2.32. The van der Waals surface area contributed by atoms with E-state index in [1.165, 1.54) is 4.57 Å². The molecule has 0 aliphatic rings. The topological polar surface area (TPSA) is 140 Å². The smallest absolute Gasteiger partial charge is 0.339 e. The number of nitrogens with one attached hydrogen (secondary N) is 1. The fraction of sp³-hybridized carbons (Fsp3) is 0.429. The van der Waals surface area contributed by atoms with E-state index in [0.29, 0.717) is 19.5 Å². The van der Waals surface area contributed by atoms with Crippen LogP contribution in [0.15, 0.2) is 40.3 Å². The summed E-state index contributed by atoms with van der Waals surface area (Å²) in [4.78, 5) is 36.7. The highest BCUT2D eigenvalue weighted by molar-refractivity contribution is 7.92. The van der Waals surface area contributed by atoms with E-state index in [9.17, 15) is 13.8 Å². The van der Waals surface area contributed by atoms with Crippen molar-refractivity contribution >= 4 is 32.7 Å². The average molecular weight is 460 g/mol. The van der Waals surface area contributed by atoms with Gasteiger partial charge in [-0.25, -0.2) is 28.1 Å². The molecule has 1 atom stereocenters. The normalized spacial score (nSPS) is 13.2. The Hall–Kier alpha value is -3.21. The van der Waals surface area contributed by atoms with E-state index >= 15 is 0 Å². The Kier molecular flexibility index (Phi) is 6.97. The van der Waals surface area contributed by atoms with Crippen molar-refractivity contribution in [1.82, 2.24) is 24.0 Å². The zero-order valence-electron chi connectivity index (χ0n) is 18.6. The fourth-order valence-corrected chi connectivity index (χ4v) is 4.80. The van der Waals surface area contributed by atoms with E-state index in [0.717, 1.165) is 16.6 Å². The summed E-state index contributed by atoms with van der Waals surface area (Å²) in [5.41, 5.74) is 6.56. The molecule has 0 saturated carbocycles. The number of carbonyl (C=O) groups excluding carboxylic acids is 1. The molecule has 0 aliphatic heterocycles. The molecule has 0 aliphatic carbocycles. The number of benzene rings is 1. The maximum Gasteiger partial charge on any atom is 0.339 e. The third-order valence-electron chi connectivity index (χ3n) is 5.08. The molecule has 10 nitrogen and oxygen atoms in total. The lowest BCUT2D eigenvalue weighted by Gasteiger charge is -2.20. The molecule has 32 heavy (non-hydrogen) atoms. The zero-order valence-corrected chi connectivity index (χ0v) is 19.4. The second-order valence-corrected chi connectivity index (χ2v) is 9.62. The second kappa shape index (κ2) is 9.51. The number of carbonyl (C=O) groups is 1. The average Bonchev–Trinajstić information content (AvgIpc) is 3.04. The van der Waals surface area contributed by atoms with Crippen molar-refractivity contribution < 1.29 is 9.00 Å². The lowest BCUT2D eigenvalue weighted by atomic mass is 10.2. The molecular weight excluding hydrogens is 430 g/mol. The van der Waals surface area contributed by atoms with Crippen LogP contribution in [0.3, 0.4) is 0 Å². The molecule has 0 fully saturated rings. The lowest BCUT2D eigenvalue weighted by molar-refractivity contribution is 0.202. The second-order valence-electron chi connectivity index (χ2n) is 7.49. The number of hydrogen-bond acceptors (Lipinski definition) is 7. The summed E-state index contributed by atoms with van der Waals surface area (Å²) >= 11 is 0. The third-order valence-corrected chi connectivity index (χ3v) is 6.84. The number of nitrogens with two attached hydrogens (primary N) is 1. The van der Waals surface area contributed by atoms with Gasteiger partial charge in [0.25, 0.3) is 0 Å². The first-order valence-electron chi connectivity index (χ1n) is 10.6. The van der Waals surface area contributed by atoms with Crippen LogP contribution in [-0.4, -0.2) is 53.1 Å². The molecule has 0 bridgehead atoms. The van der Waals surface area contributed by atoms with Gasteiger partial charge in [-0.1, -0.05) is 44.2 Å². The molecular formula is C21H29N7O3S. The number of nitrogens with zero attached hydrogens (tertiary/aromatic N) is 5. The molecule has 172 valence electrons. The van der Waals surface area contributed by atoms with Crippen molar-refractivity contribution in [1.29, 1.82) is 4.78 Å². The lowest BCUT2D eigenvalue weighted by Crippen LogP contribution is -2.40. The molecule has 0 spiro atoms. The number of fused-ring (bicyclic) bond motifs is 1. The van der Waals surface area contributed by atoms with Gasteiger partial charge in [0.1, 0.15) is 15.2 Å². The third kappa shape index (κ3) is 4.38. The molecule has 1 amide bonds. The standard InChI is InChI=1S/C21H29N7O3S/c1-4-12-26(6-3)20(29)28-16-17(22)24-19(32(23,31)13-5-2)25-18(16)27(21(28)30)14-15-10-8-7-9-11-15/h7-11,23H,4-6,12-14H2,1-3H3,(H2,22,24,25). The summed E-state index contributed by atoms with van der Waals surface area (Å²) in [6.07, 6.45) is 1.23. The van der Waals surface area contributed by atoms with E-state index in [4.69, 9.17) is 10.5 Å². The van der Waals surface area contributed by atoms with Gasteiger partial charge in [0, 0.05) is 18.8 Å². The van der Waals surface area contributed by atoms with E-state index in [1.54, 1.807) is 4.90 Å². The Labute approximate surface area is 187 Å². The van der Waals surface area contributed by atoms with Crippen LogP contribution in [0.5, 0.6) is 0 Å². The predicted molar refractivity (Wildman–Crippen MR) is 124 cm³/mol. The van der Waals surface area contributed by atoms with Gasteiger partial charge in [-0.3, -0.25) is 4.57 Å². The largest absolute Gasteiger partial charge is 0.382 e. The fourth-order valence-electron chi connectivity index (χ4n) is 3.56. The van der Waals surface area contributed by atoms with Gasteiger partial charge in [0.15, 0.2) is 11.5 Å². The molecule has 2 heterocycles. The Morgan fingerprint density at radius 2 is 1.84 bits per heavy atom. The van der Waals surface area contributed by atoms with Crippen molar-refractivity contribution in [2.45, 2.75) is 45.3 Å². The predicted octanol–water partition coefficient (Wildman–Crippen LogP) is 2.74. The zero-order chi connectivity index (χ0) is 23.5. The first-order valence-corrected chi connectivity index (χ1v) is 12.4. The monoisotopic (exact) mass is 459 g/mol. The molecule has 0 radical (unpaired) electrons. The van der Waals surface area contributed by atoms with Gasteiger partial charge in [0.2, 0.25) is 5.16 Å². The van der Waals surface area contributed by atoms with Crippen molar-refractivity contribution in [2.24, 2.45) is 0 Å². The molecule has 2 aromatic heterocycles. The van der Waals surface area contributed by atoms with Crippen molar-refractivity contribution in [3.8, 4) is 0 Å². The Bertz CT molecular complexity index is 1280. The summed E-state index contributed by atoms with van der Waals surface area (Å²) in [7, 11) is -3.29. The number of amides is 1. The minimum Gasteiger partial charge on any atom is -0.382 e. The van der Waals surface area contributed by atoms with Crippen LogP contribution in [-0.2, 0) is 16.3 Å². The molecule has 11 heteroatoms. The van der Waals surface area contributed by atoms with Crippen molar-refractivity contribution in [2.75, 3.05) is 24.6 Å². The maximum atomic E-state index is 13.4. The maximum absolute atomic E-state index is 13.4. The van der Waals surface area contributed by atoms with E-state index in [-0.39, 0.29) is 34.4 Å². The molecule has 3 rings (SSSR count). The van der Waals surface area contributed by atoms with Gasteiger partial charge in [-0.2, -0.15) is 4.98 Å². The van der Waals surface area contributed by atoms with Crippen LogP contribution < -0.4 is 11.4 Å². The van der Waals surface area contributed by atoms with Crippen LogP contribution >= 0.6 is 0 Å². The van der Waals surface area contributed by atoms with Gasteiger partial charge in [-0.15, -0.1) is 0 Å². The van der Waals surface area contributed by atoms with E-state index < -0.39 is 21.4 Å². The number of nitrogen functional groups attached to an aromatic ring is 1. The SMILES string of the molecule is CCCN(CC)C(=O)n1c(=O)n(Cc2ccccc2)c2nc(S(=N)(=O)CCC)nc(N)c21. The molecule has 1 unspecified atom stereocenters. The number of anilines is 1. The molecule has 3 aromatic rings. The van der Waals surface area contributed by atoms with Gasteiger partial charge < -0.3 is 10.6 Å². The van der Waals surface area contributed by atoms with Crippen molar-refractivity contribution in [3.05, 3.63) is 46.4 Å². The summed E-state index contributed by atoms with van der Waals surface area (Å²) in [5, 5.41) is -0.225. The highest BCUT2D eigenvalue weighted by Gasteiger charge is 2.27. The van der Waals surface area contributed by atoms with Crippen LogP contribution in [0.25, 0.3) is 11.2 Å². The molecule has 0 saturated heterocycles. The van der Waals surface area contributed by atoms with E-state index in [1.807, 2.05) is 51.1 Å². The summed E-state index contributed by atoms with van der Waals surface area (Å²) in [6.45, 7) is 6.62. The van der Waals surface area contributed by atoms with Gasteiger partial charge in [0.05, 0.1) is 6.54 Å². The molecule has 3 N–H and O–H groups in total. The minimum absolute atomic E-state index is 0.0701. The van der Waals surface area contributed by atoms with Crippen LogP contribution in [0, 0.1) is 4.78 Å². The minimum atomic E-state index is -3.29. The van der Waals surface area contributed by atoms with Crippen LogP contribution in [0.1, 0.15) is 39.2 Å². The van der Waals surface area contributed by atoms with Gasteiger partial charge >= 0.3 is 11.7 Å². The summed E-state index contributed by atoms with van der Waals surface area (Å²) < 4.78 is 23.4. The highest BCUT2D eigenvalue weighted by atomic mass is 32.2. The Morgan fingerprint density at radius 3 is 2.44 bits per heavy atom. The van der Waals surface area contributed by atoms with E-state index in [2.05, 4.69) is 9.97 Å². The summed E-state index contributed by atoms with van der Waals surface area (Å²) in [6, 6.07) is 8.74. The number of imidazole rings is 1. The van der Waals surface area contributed by atoms with Crippen LogP contribution in [0.4, 0.5) is 10.6 Å². The quantitative estimate of drug-likeness (QED) is 0.496. The number of rotatable bonds is 8. The highest BCUT2D eigenvalue weighted by Crippen LogP contribution is 2.22. The van der Waals surface area contributed by atoms with Gasteiger partial charge in [-0.05, 0) is 25.3 Å². The first-order chi connectivity index (χ1) is 15.2. The van der Waals surface area contributed by atoms with Crippen molar-refractivity contribution in [3.63, 3.8) is 0 Å².